The first kappa shape index (κ1) is 22.4. The number of H-pyrrole nitrogens is 1. The number of benzene rings is 2. The Kier molecular flexibility index (Phi) is 6.71. The molecule has 1 heterocycles. The van der Waals surface area contributed by atoms with Crippen molar-refractivity contribution in [2.45, 2.75) is 24.7 Å². The fourth-order valence-corrected chi connectivity index (χ4v) is 4.02. The molecule has 3 aromatic rings. The summed E-state index contributed by atoms with van der Waals surface area (Å²) in [5.74, 6) is 0.279. The molecule has 0 aliphatic heterocycles. The summed E-state index contributed by atoms with van der Waals surface area (Å²) < 4.78 is 31.7. The number of carbonyl (C=O) groups is 1. The van der Waals surface area contributed by atoms with Crippen LogP contribution in [-0.4, -0.2) is 49.3 Å². The van der Waals surface area contributed by atoms with E-state index in [-0.39, 0.29) is 35.0 Å². The van der Waals surface area contributed by atoms with Crippen LogP contribution in [0.4, 0.5) is 5.69 Å². The summed E-state index contributed by atoms with van der Waals surface area (Å²) in [6, 6.07) is 11.4. The molecule has 0 fully saturated rings. The first-order valence-electron chi connectivity index (χ1n) is 9.69. The van der Waals surface area contributed by atoms with Gasteiger partial charge in [0.15, 0.2) is 0 Å². The smallest absolute Gasteiger partial charge is 0.258 e. The largest absolute Gasteiger partial charge is 0.492 e. The maximum atomic E-state index is 12.6. The SMILES string of the molecule is CCOc1ccc(NC(=O)CCc2nc3ccccc3c(=O)[nH]2)cc1S(=O)(=O)N(C)C. The van der Waals surface area contributed by atoms with E-state index in [0.29, 0.717) is 29.0 Å². The Labute approximate surface area is 180 Å². The number of ether oxygens (including phenoxy) is 1. The van der Waals surface area contributed by atoms with Crippen molar-refractivity contribution < 1.29 is 17.9 Å². The van der Waals surface area contributed by atoms with Gasteiger partial charge in [0.05, 0.1) is 17.5 Å². The van der Waals surface area contributed by atoms with Crippen molar-refractivity contribution in [1.29, 1.82) is 0 Å². The van der Waals surface area contributed by atoms with E-state index >= 15 is 0 Å². The third kappa shape index (κ3) is 5.09. The summed E-state index contributed by atoms with van der Waals surface area (Å²) >= 11 is 0. The monoisotopic (exact) mass is 444 g/mol. The first-order chi connectivity index (χ1) is 14.7. The third-order valence-electron chi connectivity index (χ3n) is 4.54. The topological polar surface area (TPSA) is 121 Å². The average molecular weight is 445 g/mol. The van der Waals surface area contributed by atoms with Crippen molar-refractivity contribution in [3.05, 3.63) is 58.6 Å². The summed E-state index contributed by atoms with van der Waals surface area (Å²) in [7, 11) is -0.913. The molecule has 3 rings (SSSR count). The predicted molar refractivity (Wildman–Crippen MR) is 118 cm³/mol. The molecule has 164 valence electrons. The minimum Gasteiger partial charge on any atom is -0.492 e. The van der Waals surface area contributed by atoms with Gasteiger partial charge in [-0.15, -0.1) is 0 Å². The van der Waals surface area contributed by atoms with Gasteiger partial charge in [0.25, 0.3) is 5.56 Å². The van der Waals surface area contributed by atoms with Gasteiger partial charge in [-0.3, -0.25) is 9.59 Å². The number of rotatable bonds is 8. The Morgan fingerprint density at radius 1 is 1.19 bits per heavy atom. The number of aryl methyl sites for hydroxylation is 1. The molecule has 2 aromatic carbocycles. The summed E-state index contributed by atoms with van der Waals surface area (Å²) in [6.45, 7) is 2.06. The lowest BCUT2D eigenvalue weighted by Gasteiger charge is -2.16. The van der Waals surface area contributed by atoms with Gasteiger partial charge in [-0.2, -0.15) is 0 Å². The molecule has 0 spiro atoms. The lowest BCUT2D eigenvalue weighted by atomic mass is 10.2. The van der Waals surface area contributed by atoms with Crippen LogP contribution in [0, 0.1) is 0 Å². The number of aromatic nitrogens is 2. The standard InChI is InChI=1S/C21H24N4O5S/c1-4-30-17-10-9-14(13-18(17)31(28,29)25(2)3)22-20(26)12-11-19-23-16-8-6-5-7-15(16)21(27)24-19/h5-10,13H,4,11-12H2,1-3H3,(H,22,26)(H,23,24,27). The number of nitrogens with zero attached hydrogens (tertiary/aromatic N) is 2. The van der Waals surface area contributed by atoms with Crippen molar-refractivity contribution in [2.24, 2.45) is 0 Å². The van der Waals surface area contributed by atoms with E-state index < -0.39 is 10.0 Å². The minimum atomic E-state index is -3.76. The number of fused-ring (bicyclic) bond motifs is 1. The molecular weight excluding hydrogens is 420 g/mol. The highest BCUT2D eigenvalue weighted by atomic mass is 32.2. The van der Waals surface area contributed by atoms with Gasteiger partial charge in [0.1, 0.15) is 16.5 Å². The van der Waals surface area contributed by atoms with Crippen LogP contribution >= 0.6 is 0 Å². The highest BCUT2D eigenvalue weighted by Crippen LogP contribution is 2.29. The zero-order valence-electron chi connectivity index (χ0n) is 17.5. The van der Waals surface area contributed by atoms with E-state index in [2.05, 4.69) is 15.3 Å². The van der Waals surface area contributed by atoms with E-state index in [0.717, 1.165) is 4.31 Å². The van der Waals surface area contributed by atoms with Crippen LogP contribution in [0.1, 0.15) is 19.2 Å². The van der Waals surface area contributed by atoms with Crippen LogP contribution in [0.25, 0.3) is 10.9 Å². The van der Waals surface area contributed by atoms with Gasteiger partial charge in [-0.25, -0.2) is 17.7 Å². The number of para-hydroxylation sites is 1. The number of carbonyl (C=O) groups excluding carboxylic acids is 1. The molecule has 0 aliphatic carbocycles. The number of aromatic amines is 1. The second-order valence-electron chi connectivity index (χ2n) is 6.96. The van der Waals surface area contributed by atoms with E-state index in [9.17, 15) is 18.0 Å². The molecule has 9 nitrogen and oxygen atoms in total. The molecule has 0 radical (unpaired) electrons. The Balaban J connectivity index is 1.75. The molecule has 2 N–H and O–H groups in total. The molecule has 0 atom stereocenters. The van der Waals surface area contributed by atoms with Crippen LogP contribution in [0.15, 0.2) is 52.2 Å². The van der Waals surface area contributed by atoms with Crippen LogP contribution in [-0.2, 0) is 21.2 Å². The Hall–Kier alpha value is -3.24. The first-order valence-corrected chi connectivity index (χ1v) is 11.1. The summed E-state index contributed by atoms with van der Waals surface area (Å²) in [5.41, 5.74) is 0.631. The molecule has 0 unspecified atom stereocenters. The van der Waals surface area contributed by atoms with E-state index in [4.69, 9.17) is 4.74 Å². The molecule has 10 heteroatoms. The highest BCUT2D eigenvalue weighted by Gasteiger charge is 2.23. The van der Waals surface area contributed by atoms with Gasteiger partial charge in [-0.1, -0.05) is 12.1 Å². The van der Waals surface area contributed by atoms with Gasteiger partial charge in [0.2, 0.25) is 15.9 Å². The highest BCUT2D eigenvalue weighted by molar-refractivity contribution is 7.89. The molecule has 0 saturated carbocycles. The number of amides is 1. The maximum Gasteiger partial charge on any atom is 0.258 e. The van der Waals surface area contributed by atoms with Gasteiger partial charge in [0, 0.05) is 32.6 Å². The summed E-state index contributed by atoms with van der Waals surface area (Å²) in [6.07, 6.45) is 0.288. The zero-order chi connectivity index (χ0) is 22.6. The number of hydrogen-bond donors (Lipinski definition) is 2. The fourth-order valence-electron chi connectivity index (χ4n) is 2.97. The molecule has 1 amide bonds. The maximum absolute atomic E-state index is 12.6. The van der Waals surface area contributed by atoms with E-state index in [1.54, 1.807) is 37.3 Å². The van der Waals surface area contributed by atoms with Gasteiger partial charge < -0.3 is 15.0 Å². The number of anilines is 1. The number of nitrogens with one attached hydrogen (secondary N) is 2. The Bertz CT molecular complexity index is 1270. The van der Waals surface area contributed by atoms with Gasteiger partial charge >= 0.3 is 0 Å². The molecule has 31 heavy (non-hydrogen) atoms. The van der Waals surface area contributed by atoms with Crippen LogP contribution < -0.4 is 15.6 Å². The van der Waals surface area contributed by atoms with Crippen LogP contribution in [0.2, 0.25) is 0 Å². The summed E-state index contributed by atoms with van der Waals surface area (Å²) in [4.78, 5) is 31.6. The molecule has 1 aromatic heterocycles. The number of sulfonamides is 1. The van der Waals surface area contributed by atoms with Crippen molar-refractivity contribution in [1.82, 2.24) is 14.3 Å². The fraction of sp³-hybridized carbons (Fsp3) is 0.286. The van der Waals surface area contributed by atoms with Crippen molar-refractivity contribution in [3.8, 4) is 5.75 Å². The molecule has 0 bridgehead atoms. The van der Waals surface area contributed by atoms with Crippen LogP contribution in [0.5, 0.6) is 5.75 Å². The van der Waals surface area contributed by atoms with Crippen LogP contribution in [0.3, 0.4) is 0 Å². The zero-order valence-corrected chi connectivity index (χ0v) is 18.3. The molecular formula is C21H24N4O5S. The lowest BCUT2D eigenvalue weighted by molar-refractivity contribution is -0.116. The van der Waals surface area contributed by atoms with Crippen molar-refractivity contribution >= 4 is 32.5 Å². The third-order valence-corrected chi connectivity index (χ3v) is 6.37. The Morgan fingerprint density at radius 2 is 1.94 bits per heavy atom. The second kappa shape index (κ2) is 9.27. The summed E-state index contributed by atoms with van der Waals surface area (Å²) in [5, 5.41) is 3.17. The van der Waals surface area contributed by atoms with E-state index in [1.807, 2.05) is 0 Å². The number of hydrogen-bond acceptors (Lipinski definition) is 6. The minimum absolute atomic E-state index is 0.0299. The quantitative estimate of drug-likeness (QED) is 0.549. The second-order valence-corrected chi connectivity index (χ2v) is 9.08. The van der Waals surface area contributed by atoms with E-state index in [1.165, 1.54) is 26.2 Å². The predicted octanol–water partition coefficient (Wildman–Crippen LogP) is 2.14. The molecule has 0 saturated heterocycles. The lowest BCUT2D eigenvalue weighted by Crippen LogP contribution is -2.23. The normalized spacial score (nSPS) is 11.6. The van der Waals surface area contributed by atoms with Crippen molar-refractivity contribution in [3.63, 3.8) is 0 Å². The molecule has 0 aliphatic rings. The average Bonchev–Trinajstić information content (AvgIpc) is 2.73. The van der Waals surface area contributed by atoms with Crippen molar-refractivity contribution in [2.75, 3.05) is 26.0 Å². The Morgan fingerprint density at radius 3 is 2.65 bits per heavy atom. The van der Waals surface area contributed by atoms with Gasteiger partial charge in [-0.05, 0) is 37.3 Å².